The van der Waals surface area contributed by atoms with Crippen LogP contribution in [-0.4, -0.2) is 27.6 Å². The summed E-state index contributed by atoms with van der Waals surface area (Å²) in [5.41, 5.74) is 0.565. The minimum Gasteiger partial charge on any atom is -0.444 e. The molecule has 2 aromatic rings. The Kier molecular flexibility index (Phi) is 5.11. The molecule has 0 unspecified atom stereocenters. The summed E-state index contributed by atoms with van der Waals surface area (Å²) in [6, 6.07) is 7.97. The van der Waals surface area contributed by atoms with Crippen LogP contribution in [0.4, 0.5) is 4.79 Å². The Morgan fingerprint density at radius 3 is 2.89 bits per heavy atom. The van der Waals surface area contributed by atoms with Crippen LogP contribution in [0.5, 0.6) is 11.6 Å². The lowest BCUT2D eigenvalue weighted by Crippen LogP contribution is -2.35. The van der Waals surface area contributed by atoms with Gasteiger partial charge in [-0.2, -0.15) is 0 Å². The van der Waals surface area contributed by atoms with Gasteiger partial charge >= 0.3 is 6.09 Å². The van der Waals surface area contributed by atoms with Gasteiger partial charge in [0.2, 0.25) is 5.88 Å². The highest BCUT2D eigenvalue weighted by Crippen LogP contribution is 2.53. The molecule has 2 aliphatic heterocycles. The molecule has 1 N–H and O–H groups in total. The normalized spacial score (nSPS) is 20.1. The third-order valence-corrected chi connectivity index (χ3v) is 6.31. The molecular weight excluding hydrogens is 557 g/mol. The Morgan fingerprint density at radius 1 is 1.36 bits per heavy atom. The van der Waals surface area contributed by atoms with Crippen LogP contribution in [-0.2, 0) is 10.3 Å². The van der Waals surface area contributed by atoms with E-state index in [0.717, 1.165) is 24.9 Å². The van der Waals surface area contributed by atoms with Crippen LogP contribution in [0.3, 0.4) is 0 Å². The minimum absolute atomic E-state index is 0.515. The number of aromatic nitrogens is 1. The van der Waals surface area contributed by atoms with Crippen molar-refractivity contribution in [2.24, 2.45) is 4.99 Å². The third kappa shape index (κ3) is 3.76. The summed E-state index contributed by atoms with van der Waals surface area (Å²) >= 11 is 7.25. The highest BCUT2D eigenvalue weighted by molar-refractivity contribution is 14.1. The minimum atomic E-state index is -0.685. The van der Waals surface area contributed by atoms with Gasteiger partial charge in [-0.15, -0.1) is 0 Å². The van der Waals surface area contributed by atoms with Crippen molar-refractivity contribution < 1.29 is 14.3 Å². The first-order valence-corrected chi connectivity index (χ1v) is 11.4. The van der Waals surface area contributed by atoms with Crippen molar-refractivity contribution in [3.63, 3.8) is 0 Å². The van der Waals surface area contributed by atoms with Crippen LogP contribution in [0, 0.1) is 3.57 Å². The Hall–Kier alpha value is -1.33. The van der Waals surface area contributed by atoms with Crippen molar-refractivity contribution in [3.05, 3.63) is 49.6 Å². The number of aliphatic imine (C=N–C) groups is 1. The van der Waals surface area contributed by atoms with Gasteiger partial charge in [0.25, 0.3) is 0 Å². The number of hydrogen-bond acceptors (Lipinski definition) is 6. The SMILES string of the molecule is CC(C)(C)OC(=O)NC1=N[C@@]2(CS1)c1cc(I)ccc1Oc1ncc(Br)cc12. The van der Waals surface area contributed by atoms with Crippen LogP contribution in [0.2, 0.25) is 0 Å². The summed E-state index contributed by atoms with van der Waals surface area (Å²) in [5.74, 6) is 1.88. The fourth-order valence-corrected chi connectivity index (χ4v) is 5.03. The molecule has 3 heterocycles. The van der Waals surface area contributed by atoms with Crippen molar-refractivity contribution >= 4 is 61.5 Å². The molecule has 1 aromatic heterocycles. The third-order valence-electron chi connectivity index (χ3n) is 4.18. The smallest absolute Gasteiger partial charge is 0.413 e. The van der Waals surface area contributed by atoms with Crippen LogP contribution < -0.4 is 10.1 Å². The number of halogens is 2. The number of thioether (sulfide) groups is 1. The first kappa shape index (κ1) is 20.0. The molecule has 4 rings (SSSR count). The number of carbonyl (C=O) groups excluding carboxylic acids is 1. The number of ether oxygens (including phenoxy) is 2. The summed E-state index contributed by atoms with van der Waals surface area (Å²) in [6.45, 7) is 5.48. The molecule has 0 saturated heterocycles. The van der Waals surface area contributed by atoms with Crippen molar-refractivity contribution in [1.29, 1.82) is 0 Å². The zero-order chi connectivity index (χ0) is 20.1. The van der Waals surface area contributed by atoms with Gasteiger partial charge in [-0.05, 0) is 83.6 Å². The Bertz CT molecular complexity index is 955. The highest BCUT2D eigenvalue weighted by Gasteiger charge is 2.47. The molecular formula is C19H17BrIN3O3S. The number of hydrogen-bond donors (Lipinski definition) is 1. The molecule has 1 spiro atoms. The molecule has 6 nitrogen and oxygen atoms in total. The molecule has 28 heavy (non-hydrogen) atoms. The van der Waals surface area contributed by atoms with Gasteiger partial charge in [0.15, 0.2) is 5.17 Å². The van der Waals surface area contributed by atoms with E-state index in [1.165, 1.54) is 11.8 Å². The Morgan fingerprint density at radius 2 is 2.14 bits per heavy atom. The summed E-state index contributed by atoms with van der Waals surface area (Å²) in [7, 11) is 0. The zero-order valence-electron chi connectivity index (χ0n) is 15.4. The molecule has 0 saturated carbocycles. The van der Waals surface area contributed by atoms with E-state index < -0.39 is 17.2 Å². The molecule has 9 heteroatoms. The number of fused-ring (bicyclic) bond motifs is 4. The van der Waals surface area contributed by atoms with E-state index >= 15 is 0 Å². The Balaban J connectivity index is 1.78. The molecule has 0 radical (unpaired) electrons. The lowest BCUT2D eigenvalue weighted by Gasteiger charge is -2.33. The first-order valence-electron chi connectivity index (χ1n) is 8.53. The van der Waals surface area contributed by atoms with E-state index in [-0.39, 0.29) is 0 Å². The van der Waals surface area contributed by atoms with Crippen molar-refractivity contribution in [1.82, 2.24) is 10.3 Å². The molecule has 0 aliphatic carbocycles. The van der Waals surface area contributed by atoms with E-state index in [0.29, 0.717) is 16.8 Å². The largest absolute Gasteiger partial charge is 0.444 e. The predicted octanol–water partition coefficient (Wildman–Crippen LogP) is 5.43. The number of rotatable bonds is 0. The molecule has 2 aliphatic rings. The van der Waals surface area contributed by atoms with E-state index in [4.69, 9.17) is 14.5 Å². The lowest BCUT2D eigenvalue weighted by molar-refractivity contribution is 0.0564. The van der Waals surface area contributed by atoms with Gasteiger partial charge in [0, 0.05) is 31.1 Å². The number of carbonyl (C=O) groups is 1. The number of nitrogens with zero attached hydrogens (tertiary/aromatic N) is 2. The second-order valence-electron chi connectivity index (χ2n) is 7.44. The molecule has 0 bridgehead atoms. The number of pyridine rings is 1. The molecule has 1 aromatic carbocycles. The highest BCUT2D eigenvalue weighted by atomic mass is 127. The van der Waals surface area contributed by atoms with E-state index in [1.807, 2.05) is 39.0 Å². The average molecular weight is 574 g/mol. The van der Waals surface area contributed by atoms with Crippen molar-refractivity contribution in [3.8, 4) is 11.6 Å². The fourth-order valence-electron chi connectivity index (χ4n) is 3.11. The Labute approximate surface area is 189 Å². The van der Waals surface area contributed by atoms with Gasteiger partial charge in [0.05, 0.1) is 0 Å². The number of amides is 1. The topological polar surface area (TPSA) is 72.8 Å². The summed E-state index contributed by atoms with van der Waals surface area (Å²) in [4.78, 5) is 21.6. The van der Waals surface area contributed by atoms with Gasteiger partial charge in [-0.1, -0.05) is 11.8 Å². The maximum Gasteiger partial charge on any atom is 0.413 e. The van der Waals surface area contributed by atoms with Crippen LogP contribution in [0.25, 0.3) is 0 Å². The summed E-state index contributed by atoms with van der Waals surface area (Å²) in [6.07, 6.45) is 1.19. The lowest BCUT2D eigenvalue weighted by atomic mass is 9.83. The monoisotopic (exact) mass is 573 g/mol. The molecule has 1 amide bonds. The quantitative estimate of drug-likeness (QED) is 0.426. The zero-order valence-corrected chi connectivity index (χ0v) is 19.9. The predicted molar refractivity (Wildman–Crippen MR) is 121 cm³/mol. The van der Waals surface area contributed by atoms with E-state index in [9.17, 15) is 4.79 Å². The molecule has 0 fully saturated rings. The maximum absolute atomic E-state index is 12.2. The molecule has 146 valence electrons. The fraction of sp³-hybridized carbons (Fsp3) is 0.316. The van der Waals surface area contributed by atoms with Gasteiger partial charge < -0.3 is 9.47 Å². The number of benzene rings is 1. The van der Waals surface area contributed by atoms with E-state index in [2.05, 4.69) is 54.9 Å². The average Bonchev–Trinajstić information content (AvgIpc) is 2.99. The van der Waals surface area contributed by atoms with E-state index in [1.54, 1.807) is 6.20 Å². The standard InChI is InChI=1S/C19H17BrIN3O3S/c1-18(2,3)27-17(25)23-16-24-19(9-28-16)12-7-11(21)4-5-14(12)26-15-13(19)6-10(20)8-22-15/h4-8H,9H2,1-3H3,(H,23,24,25)/t19-/m0/s1. The summed E-state index contributed by atoms with van der Waals surface area (Å²) < 4.78 is 13.3. The van der Waals surface area contributed by atoms with Gasteiger partial charge in [-0.3, -0.25) is 5.32 Å². The second kappa shape index (κ2) is 7.17. The van der Waals surface area contributed by atoms with Crippen LogP contribution >= 0.6 is 50.3 Å². The summed E-state index contributed by atoms with van der Waals surface area (Å²) in [5, 5.41) is 3.30. The number of nitrogens with one attached hydrogen (secondary N) is 1. The second-order valence-corrected chi connectivity index (χ2v) is 10.6. The number of amidine groups is 1. The van der Waals surface area contributed by atoms with Crippen LogP contribution in [0.1, 0.15) is 31.9 Å². The molecule has 1 atom stereocenters. The number of alkyl carbamates (subject to hydrolysis) is 1. The van der Waals surface area contributed by atoms with Gasteiger partial charge in [-0.25, -0.2) is 14.8 Å². The first-order chi connectivity index (χ1) is 13.2. The van der Waals surface area contributed by atoms with Crippen molar-refractivity contribution in [2.75, 3.05) is 5.75 Å². The van der Waals surface area contributed by atoms with Crippen LogP contribution in [0.15, 0.2) is 39.9 Å². The van der Waals surface area contributed by atoms with Crippen molar-refractivity contribution in [2.45, 2.75) is 31.9 Å². The van der Waals surface area contributed by atoms with Gasteiger partial charge in [0.1, 0.15) is 16.9 Å². The maximum atomic E-state index is 12.2.